The van der Waals surface area contributed by atoms with E-state index >= 15 is 0 Å². The number of benzene rings is 2. The van der Waals surface area contributed by atoms with Gasteiger partial charge in [0.15, 0.2) is 0 Å². The summed E-state index contributed by atoms with van der Waals surface area (Å²) >= 11 is 0. The second-order valence-corrected chi connectivity index (χ2v) is 7.08. The van der Waals surface area contributed by atoms with E-state index in [9.17, 15) is 9.18 Å². The molecule has 1 aliphatic rings. The summed E-state index contributed by atoms with van der Waals surface area (Å²) in [6.07, 6.45) is 3.88. The summed E-state index contributed by atoms with van der Waals surface area (Å²) in [5.74, 6) is -1.17. The Morgan fingerprint density at radius 2 is 1.58 bits per heavy atom. The number of carboxylic acid groups (broad SMARTS) is 1. The minimum absolute atomic E-state index is 0. The van der Waals surface area contributed by atoms with Crippen LogP contribution in [0.4, 0.5) is 4.39 Å². The summed E-state index contributed by atoms with van der Waals surface area (Å²) in [5.41, 5.74) is 2.31. The van der Waals surface area contributed by atoms with Gasteiger partial charge in [-0.15, -0.1) is 24.8 Å². The van der Waals surface area contributed by atoms with E-state index in [1.807, 2.05) is 42.5 Å². The molecule has 5 nitrogen and oxygen atoms in total. The monoisotopic (exact) mass is 470 g/mol. The van der Waals surface area contributed by atoms with Crippen LogP contribution in [0, 0.1) is 5.82 Å². The van der Waals surface area contributed by atoms with Crippen LogP contribution >= 0.6 is 24.8 Å². The highest BCUT2D eigenvalue weighted by molar-refractivity contribution is 5.85. The van der Waals surface area contributed by atoms with Crippen molar-refractivity contribution >= 4 is 30.8 Å². The Morgan fingerprint density at radius 3 is 2.19 bits per heavy atom. The Kier molecular flexibility index (Phi) is 12.4. The lowest BCUT2D eigenvalue weighted by molar-refractivity contribution is -0.141. The minimum Gasteiger partial charge on any atom is -0.480 e. The molecule has 1 atom stereocenters. The molecule has 0 spiro atoms. The fourth-order valence-electron chi connectivity index (χ4n) is 3.60. The fraction of sp³-hybridized carbons (Fsp3) is 0.348. The first-order chi connectivity index (χ1) is 14.1. The number of nitrogens with zero attached hydrogens (tertiary/aromatic N) is 2. The fourth-order valence-corrected chi connectivity index (χ4v) is 3.60. The SMILES string of the molecule is Cl.Cl.O=C(O)COC/C=C/CN1CCN([C@H](c2ccccc2)c2ccc(F)cc2)CC1. The van der Waals surface area contributed by atoms with Crippen LogP contribution in [0.2, 0.25) is 0 Å². The number of aliphatic carboxylic acids is 1. The van der Waals surface area contributed by atoms with E-state index in [0.717, 1.165) is 38.3 Å². The Labute approximate surface area is 195 Å². The van der Waals surface area contributed by atoms with Gasteiger partial charge in [0.2, 0.25) is 0 Å². The molecule has 2 aromatic rings. The molecule has 1 heterocycles. The highest BCUT2D eigenvalue weighted by atomic mass is 35.5. The molecule has 0 unspecified atom stereocenters. The zero-order valence-electron chi connectivity index (χ0n) is 17.2. The van der Waals surface area contributed by atoms with Crippen LogP contribution in [0.3, 0.4) is 0 Å². The zero-order valence-corrected chi connectivity index (χ0v) is 18.9. The first kappa shape index (κ1) is 27.1. The number of hydrogen-bond acceptors (Lipinski definition) is 4. The predicted molar refractivity (Wildman–Crippen MR) is 125 cm³/mol. The van der Waals surface area contributed by atoms with Crippen molar-refractivity contribution in [1.29, 1.82) is 0 Å². The molecule has 2 aromatic carbocycles. The summed E-state index contributed by atoms with van der Waals surface area (Å²) in [6.45, 7) is 4.56. The first-order valence-electron chi connectivity index (χ1n) is 9.85. The molecule has 1 saturated heterocycles. The van der Waals surface area contributed by atoms with E-state index in [2.05, 4.69) is 21.9 Å². The van der Waals surface area contributed by atoms with E-state index < -0.39 is 5.97 Å². The molecule has 1 fully saturated rings. The lowest BCUT2D eigenvalue weighted by atomic mass is 9.96. The second-order valence-electron chi connectivity index (χ2n) is 7.08. The number of halogens is 3. The summed E-state index contributed by atoms with van der Waals surface area (Å²) < 4.78 is 18.4. The summed E-state index contributed by atoms with van der Waals surface area (Å²) in [4.78, 5) is 15.2. The number of carbonyl (C=O) groups is 1. The van der Waals surface area contributed by atoms with Crippen molar-refractivity contribution in [3.63, 3.8) is 0 Å². The average molecular weight is 471 g/mol. The molecule has 0 amide bonds. The molecule has 0 aromatic heterocycles. The van der Waals surface area contributed by atoms with Gasteiger partial charge in [0.1, 0.15) is 12.4 Å². The number of ether oxygens (including phenoxy) is 1. The molecular formula is C23H29Cl2FN2O3. The molecule has 0 radical (unpaired) electrons. The molecule has 0 saturated carbocycles. The van der Waals surface area contributed by atoms with Gasteiger partial charge < -0.3 is 9.84 Å². The second kappa shape index (κ2) is 14.2. The zero-order chi connectivity index (χ0) is 20.5. The maximum absolute atomic E-state index is 13.4. The van der Waals surface area contributed by atoms with Crippen LogP contribution in [0.25, 0.3) is 0 Å². The van der Waals surface area contributed by atoms with Crippen molar-refractivity contribution < 1.29 is 19.0 Å². The van der Waals surface area contributed by atoms with Crippen molar-refractivity contribution in [1.82, 2.24) is 9.80 Å². The maximum Gasteiger partial charge on any atom is 0.329 e. The summed E-state index contributed by atoms with van der Waals surface area (Å²) in [7, 11) is 0. The van der Waals surface area contributed by atoms with E-state index in [1.165, 1.54) is 17.7 Å². The molecule has 1 N–H and O–H groups in total. The summed E-state index contributed by atoms with van der Waals surface area (Å²) in [6, 6.07) is 17.3. The Bertz CT molecular complexity index is 798. The third-order valence-corrected chi connectivity index (χ3v) is 5.04. The van der Waals surface area contributed by atoms with Crippen LogP contribution in [-0.4, -0.2) is 66.8 Å². The third kappa shape index (κ3) is 8.59. The lowest BCUT2D eigenvalue weighted by Crippen LogP contribution is -2.47. The van der Waals surface area contributed by atoms with Crippen LogP contribution in [0.5, 0.6) is 0 Å². The van der Waals surface area contributed by atoms with Gasteiger partial charge in [-0.25, -0.2) is 9.18 Å². The van der Waals surface area contributed by atoms with Gasteiger partial charge in [0, 0.05) is 32.7 Å². The third-order valence-electron chi connectivity index (χ3n) is 5.04. The average Bonchev–Trinajstić information content (AvgIpc) is 2.74. The van der Waals surface area contributed by atoms with Gasteiger partial charge >= 0.3 is 5.97 Å². The molecule has 0 bridgehead atoms. The molecule has 170 valence electrons. The molecule has 31 heavy (non-hydrogen) atoms. The van der Waals surface area contributed by atoms with Gasteiger partial charge in [-0.05, 0) is 23.3 Å². The van der Waals surface area contributed by atoms with Crippen molar-refractivity contribution in [3.05, 3.63) is 83.7 Å². The standard InChI is InChI=1S/C23H27FN2O3.2ClH/c24-21-10-8-20(9-11-21)23(19-6-2-1-3-7-19)26-15-13-25(14-16-26)12-4-5-17-29-18-22(27)28;;/h1-11,23H,12-18H2,(H,27,28);2*1H/b5-4+;;/t23-;;/m1../s1. The van der Waals surface area contributed by atoms with E-state index in [4.69, 9.17) is 9.84 Å². The molecule has 8 heteroatoms. The molecule has 0 aliphatic carbocycles. The smallest absolute Gasteiger partial charge is 0.329 e. The van der Waals surface area contributed by atoms with Crippen LogP contribution < -0.4 is 0 Å². The Balaban J connectivity index is 0.00000240. The van der Waals surface area contributed by atoms with Gasteiger partial charge in [-0.1, -0.05) is 54.6 Å². The Hall–Kier alpha value is -1.96. The highest BCUT2D eigenvalue weighted by Crippen LogP contribution is 2.29. The van der Waals surface area contributed by atoms with E-state index in [1.54, 1.807) is 0 Å². The Morgan fingerprint density at radius 1 is 0.968 bits per heavy atom. The number of rotatable bonds is 9. The van der Waals surface area contributed by atoms with Crippen LogP contribution in [-0.2, 0) is 9.53 Å². The van der Waals surface area contributed by atoms with Crippen molar-refractivity contribution in [2.45, 2.75) is 6.04 Å². The quantitative estimate of drug-likeness (QED) is 0.442. The van der Waals surface area contributed by atoms with Crippen molar-refractivity contribution in [2.24, 2.45) is 0 Å². The summed E-state index contributed by atoms with van der Waals surface area (Å²) in [5, 5.41) is 8.54. The predicted octanol–water partition coefficient (Wildman–Crippen LogP) is 4.03. The highest BCUT2D eigenvalue weighted by Gasteiger charge is 2.26. The normalized spacial score (nSPS) is 15.8. The van der Waals surface area contributed by atoms with Crippen LogP contribution in [0.1, 0.15) is 17.2 Å². The van der Waals surface area contributed by atoms with Crippen LogP contribution in [0.15, 0.2) is 66.7 Å². The largest absolute Gasteiger partial charge is 0.480 e. The van der Waals surface area contributed by atoms with Crippen molar-refractivity contribution in [2.75, 3.05) is 45.9 Å². The molecule has 3 rings (SSSR count). The number of carboxylic acids is 1. The number of hydrogen-bond donors (Lipinski definition) is 1. The topological polar surface area (TPSA) is 53.0 Å². The lowest BCUT2D eigenvalue weighted by Gasteiger charge is -2.39. The van der Waals surface area contributed by atoms with Gasteiger partial charge in [0.25, 0.3) is 0 Å². The maximum atomic E-state index is 13.4. The van der Waals surface area contributed by atoms with E-state index in [0.29, 0.717) is 6.61 Å². The van der Waals surface area contributed by atoms with Gasteiger partial charge in [-0.3, -0.25) is 9.80 Å². The molecular weight excluding hydrogens is 442 g/mol. The first-order valence-corrected chi connectivity index (χ1v) is 9.85. The number of piperazine rings is 1. The minimum atomic E-state index is -0.955. The van der Waals surface area contributed by atoms with Crippen molar-refractivity contribution in [3.8, 4) is 0 Å². The van der Waals surface area contributed by atoms with Gasteiger partial charge in [-0.2, -0.15) is 0 Å². The molecule has 1 aliphatic heterocycles. The van der Waals surface area contributed by atoms with Gasteiger partial charge in [0.05, 0.1) is 12.6 Å². The van der Waals surface area contributed by atoms with E-state index in [-0.39, 0.29) is 43.3 Å².